The first-order valence-corrected chi connectivity index (χ1v) is 9.03. The minimum absolute atomic E-state index is 0.0134. The van der Waals surface area contributed by atoms with Crippen LogP contribution in [-0.2, 0) is 4.74 Å². The number of amides is 1. The number of nitrogens with zero attached hydrogens (tertiary/aromatic N) is 2. The minimum atomic E-state index is -0.560. The summed E-state index contributed by atoms with van der Waals surface area (Å²) < 4.78 is 5.29. The maximum atomic E-state index is 12.0. The molecule has 8 nitrogen and oxygen atoms in total. The molecule has 1 amide bonds. The Balaban J connectivity index is 2.11. The molecule has 1 heterocycles. The van der Waals surface area contributed by atoms with Gasteiger partial charge in [-0.15, -0.1) is 0 Å². The summed E-state index contributed by atoms with van der Waals surface area (Å²) in [5, 5.41) is 14.4. The predicted octanol–water partition coefficient (Wildman–Crippen LogP) is 3.68. The van der Waals surface area contributed by atoms with Crippen LogP contribution in [-0.4, -0.2) is 41.0 Å². The zero-order valence-electron chi connectivity index (χ0n) is 16.4. The molecule has 1 aromatic rings. The topological polar surface area (TPSA) is 102 Å². The van der Waals surface area contributed by atoms with Gasteiger partial charge in [0, 0.05) is 30.3 Å². The molecule has 0 saturated carbocycles. The van der Waals surface area contributed by atoms with Gasteiger partial charge in [-0.25, -0.2) is 4.79 Å². The van der Waals surface area contributed by atoms with Gasteiger partial charge in [0.2, 0.25) is 0 Å². The lowest BCUT2D eigenvalue weighted by Gasteiger charge is -2.39. The minimum Gasteiger partial charge on any atom is -0.444 e. The molecule has 1 fully saturated rings. The number of anilines is 1. The first kappa shape index (κ1) is 20.7. The fraction of sp³-hybridized carbons (Fsp3) is 0.579. The molecule has 0 spiro atoms. The van der Waals surface area contributed by atoms with Crippen molar-refractivity contribution in [2.75, 3.05) is 11.4 Å². The van der Waals surface area contributed by atoms with Crippen molar-refractivity contribution >= 4 is 23.3 Å². The molecular formula is C19H27N3O5. The molecule has 27 heavy (non-hydrogen) atoms. The van der Waals surface area contributed by atoms with Crippen molar-refractivity contribution in [1.29, 1.82) is 0 Å². The lowest BCUT2D eigenvalue weighted by molar-refractivity contribution is -0.384. The average molecular weight is 377 g/mol. The van der Waals surface area contributed by atoms with Gasteiger partial charge in [-0.1, -0.05) is 0 Å². The second-order valence-corrected chi connectivity index (χ2v) is 7.93. The summed E-state index contributed by atoms with van der Waals surface area (Å²) in [5.41, 5.74) is 0.177. The summed E-state index contributed by atoms with van der Waals surface area (Å²) in [5.74, 6) is -0.210. The van der Waals surface area contributed by atoms with Gasteiger partial charge in [0.25, 0.3) is 5.69 Å². The van der Waals surface area contributed by atoms with Crippen LogP contribution >= 0.6 is 0 Å². The van der Waals surface area contributed by atoms with E-state index in [0.29, 0.717) is 30.6 Å². The van der Waals surface area contributed by atoms with Gasteiger partial charge < -0.3 is 15.0 Å². The largest absolute Gasteiger partial charge is 0.444 e. The second kappa shape index (κ2) is 7.94. The molecule has 2 atom stereocenters. The van der Waals surface area contributed by atoms with Crippen LogP contribution in [0, 0.1) is 10.1 Å². The van der Waals surface area contributed by atoms with E-state index in [1.807, 2.05) is 32.6 Å². The van der Waals surface area contributed by atoms with E-state index in [9.17, 15) is 19.7 Å². The third kappa shape index (κ3) is 5.42. The summed E-state index contributed by atoms with van der Waals surface area (Å²) in [7, 11) is 0. The molecule has 2 unspecified atom stereocenters. The Morgan fingerprint density at radius 2 is 2.00 bits per heavy atom. The number of rotatable bonds is 4. The van der Waals surface area contributed by atoms with Crippen LogP contribution in [0.15, 0.2) is 18.2 Å². The van der Waals surface area contributed by atoms with Crippen LogP contribution in [0.3, 0.4) is 0 Å². The lowest BCUT2D eigenvalue weighted by atomic mass is 9.97. The number of hydrogen-bond acceptors (Lipinski definition) is 6. The molecule has 2 rings (SSSR count). The number of nitro groups is 1. The molecule has 1 aromatic carbocycles. The molecule has 0 aromatic heterocycles. The highest BCUT2D eigenvalue weighted by Gasteiger charge is 2.31. The first-order chi connectivity index (χ1) is 12.5. The monoisotopic (exact) mass is 377 g/mol. The zero-order chi connectivity index (χ0) is 20.4. The Kier molecular flexibility index (Phi) is 6.08. The van der Waals surface area contributed by atoms with Gasteiger partial charge >= 0.3 is 6.09 Å². The molecule has 8 heteroatoms. The van der Waals surface area contributed by atoms with Crippen LogP contribution in [0.1, 0.15) is 57.8 Å². The number of hydrogen-bond donors (Lipinski definition) is 1. The number of benzene rings is 1. The zero-order valence-corrected chi connectivity index (χ0v) is 16.4. The van der Waals surface area contributed by atoms with E-state index in [-0.39, 0.29) is 23.6 Å². The van der Waals surface area contributed by atoms with E-state index in [1.165, 1.54) is 13.0 Å². The maximum absolute atomic E-state index is 12.0. The Morgan fingerprint density at radius 1 is 1.33 bits per heavy atom. The normalized spacial score (nSPS) is 20.1. The number of ketones is 1. The summed E-state index contributed by atoms with van der Waals surface area (Å²) in [6, 6.07) is 4.51. The standard InChI is InChI=1S/C19H27N3O5/c1-12-10-15(20-18(24)27-19(3,4)5)8-9-21(12)16-7-6-14(13(2)23)11-17(16)22(25)26/h6-7,11-12,15H,8-10H2,1-5H3,(H,20,24). The van der Waals surface area contributed by atoms with Crippen LogP contribution in [0.2, 0.25) is 0 Å². The Morgan fingerprint density at radius 3 is 2.52 bits per heavy atom. The van der Waals surface area contributed by atoms with Gasteiger partial charge in [-0.05, 0) is 59.6 Å². The van der Waals surface area contributed by atoms with Gasteiger partial charge in [-0.3, -0.25) is 14.9 Å². The molecule has 0 bridgehead atoms. The molecule has 1 aliphatic rings. The highest BCUT2D eigenvalue weighted by molar-refractivity contribution is 5.95. The summed E-state index contributed by atoms with van der Waals surface area (Å²) in [6.45, 7) is 9.33. The SMILES string of the molecule is CC(=O)c1ccc(N2CCC(NC(=O)OC(C)(C)C)CC2C)c([N+](=O)[O-])c1. The first-order valence-electron chi connectivity index (χ1n) is 9.03. The van der Waals surface area contributed by atoms with Crippen LogP contribution in [0.5, 0.6) is 0 Å². The van der Waals surface area contributed by atoms with Crippen molar-refractivity contribution in [2.45, 2.75) is 65.1 Å². The Hall–Kier alpha value is -2.64. The van der Waals surface area contributed by atoms with Gasteiger partial charge in [0.1, 0.15) is 11.3 Å². The second-order valence-electron chi connectivity index (χ2n) is 7.93. The lowest BCUT2D eigenvalue weighted by Crippen LogP contribution is -2.50. The molecule has 0 radical (unpaired) electrons. The number of nitro benzene ring substituents is 1. The van der Waals surface area contributed by atoms with Crippen molar-refractivity contribution < 1.29 is 19.2 Å². The number of carbonyl (C=O) groups is 2. The summed E-state index contributed by atoms with van der Waals surface area (Å²) in [6.07, 6.45) is 0.838. The van der Waals surface area contributed by atoms with Crippen molar-refractivity contribution in [3.05, 3.63) is 33.9 Å². The molecule has 148 valence electrons. The van der Waals surface area contributed by atoms with Crippen molar-refractivity contribution in [3.63, 3.8) is 0 Å². The predicted molar refractivity (Wildman–Crippen MR) is 102 cm³/mol. The maximum Gasteiger partial charge on any atom is 0.407 e. The van der Waals surface area contributed by atoms with E-state index in [1.54, 1.807) is 12.1 Å². The highest BCUT2D eigenvalue weighted by atomic mass is 16.6. The molecule has 1 saturated heterocycles. The van der Waals surface area contributed by atoms with E-state index < -0.39 is 16.6 Å². The summed E-state index contributed by atoms with van der Waals surface area (Å²) in [4.78, 5) is 36.5. The van der Waals surface area contributed by atoms with Crippen LogP contribution in [0.4, 0.5) is 16.2 Å². The molecule has 0 aliphatic carbocycles. The van der Waals surface area contributed by atoms with E-state index in [0.717, 1.165) is 0 Å². The fourth-order valence-electron chi connectivity index (χ4n) is 3.27. The molecule has 1 aliphatic heterocycles. The van der Waals surface area contributed by atoms with Crippen molar-refractivity contribution in [1.82, 2.24) is 5.32 Å². The van der Waals surface area contributed by atoms with Crippen molar-refractivity contribution in [2.24, 2.45) is 0 Å². The van der Waals surface area contributed by atoms with Gasteiger partial charge in [0.15, 0.2) is 5.78 Å². The average Bonchev–Trinajstić information content (AvgIpc) is 2.52. The fourth-order valence-corrected chi connectivity index (χ4v) is 3.27. The number of piperidine rings is 1. The van der Waals surface area contributed by atoms with E-state index >= 15 is 0 Å². The van der Waals surface area contributed by atoms with E-state index in [4.69, 9.17) is 4.74 Å². The summed E-state index contributed by atoms with van der Waals surface area (Å²) >= 11 is 0. The quantitative estimate of drug-likeness (QED) is 0.488. The van der Waals surface area contributed by atoms with Crippen molar-refractivity contribution in [3.8, 4) is 0 Å². The van der Waals surface area contributed by atoms with Gasteiger partial charge in [0.05, 0.1) is 4.92 Å². The number of carbonyl (C=O) groups excluding carboxylic acids is 2. The van der Waals surface area contributed by atoms with Crippen LogP contribution < -0.4 is 10.2 Å². The third-order valence-electron chi connectivity index (χ3n) is 4.49. The highest BCUT2D eigenvalue weighted by Crippen LogP contribution is 2.34. The van der Waals surface area contributed by atoms with Crippen LogP contribution in [0.25, 0.3) is 0 Å². The molecule has 1 N–H and O–H groups in total. The van der Waals surface area contributed by atoms with E-state index in [2.05, 4.69) is 5.32 Å². The van der Waals surface area contributed by atoms with Gasteiger partial charge in [-0.2, -0.15) is 0 Å². The Labute approximate surface area is 159 Å². The number of ether oxygens (including phenoxy) is 1. The number of alkyl carbamates (subject to hydrolysis) is 1. The smallest absolute Gasteiger partial charge is 0.407 e. The Bertz CT molecular complexity index is 741. The third-order valence-corrected chi connectivity index (χ3v) is 4.49. The molecular weight excluding hydrogens is 350 g/mol. The number of Topliss-reactive ketones (excluding diaryl/α,β-unsaturated/α-hetero) is 1. The number of nitrogens with one attached hydrogen (secondary N) is 1.